The zero-order valence-electron chi connectivity index (χ0n) is 17.5. The second kappa shape index (κ2) is 6.27. The lowest BCUT2D eigenvalue weighted by atomic mass is 9.48. The Hall–Kier alpha value is -1.97. The summed E-state index contributed by atoms with van der Waals surface area (Å²) in [7, 11) is 0. The number of hydrogen-bond donors (Lipinski definition) is 0. The molecule has 2 saturated carbocycles. The van der Waals surface area contributed by atoms with Crippen LogP contribution >= 0.6 is 0 Å². The van der Waals surface area contributed by atoms with Crippen LogP contribution in [-0.2, 0) is 19.1 Å². The monoisotopic (exact) mass is 382 g/mol. The van der Waals surface area contributed by atoms with Gasteiger partial charge >= 0.3 is 5.97 Å². The molecule has 6 atom stereocenters. The van der Waals surface area contributed by atoms with Crippen molar-refractivity contribution < 1.29 is 19.1 Å². The van der Waals surface area contributed by atoms with Crippen molar-refractivity contribution in [3.8, 4) is 0 Å². The molecule has 4 nitrogen and oxygen atoms in total. The summed E-state index contributed by atoms with van der Waals surface area (Å²) in [6, 6.07) is 0. The smallest absolute Gasteiger partial charge is 0.307 e. The summed E-state index contributed by atoms with van der Waals surface area (Å²) in [5, 5.41) is 0. The molecule has 28 heavy (non-hydrogen) atoms. The lowest BCUT2D eigenvalue weighted by Crippen LogP contribution is -2.51. The zero-order chi connectivity index (χ0) is 20.4. The minimum Gasteiger partial charge on any atom is -0.430 e. The fourth-order valence-corrected chi connectivity index (χ4v) is 7.09. The number of ether oxygens (including phenoxy) is 1. The Morgan fingerprint density at radius 3 is 2.43 bits per heavy atom. The minimum absolute atomic E-state index is 0.0388. The molecule has 0 aromatic rings. The molecular weight excluding hydrogens is 352 g/mol. The summed E-state index contributed by atoms with van der Waals surface area (Å²) >= 11 is 0. The molecule has 0 aromatic heterocycles. The van der Waals surface area contributed by atoms with E-state index in [2.05, 4.69) is 26.8 Å². The summed E-state index contributed by atoms with van der Waals surface area (Å²) in [5.41, 5.74) is 1.66. The van der Waals surface area contributed by atoms with Gasteiger partial charge in [0.15, 0.2) is 5.78 Å². The second-order valence-corrected chi connectivity index (χ2v) is 9.69. The quantitative estimate of drug-likeness (QED) is 0.657. The van der Waals surface area contributed by atoms with Crippen LogP contribution < -0.4 is 0 Å². The Morgan fingerprint density at radius 1 is 1.07 bits per heavy atom. The van der Waals surface area contributed by atoms with Crippen molar-refractivity contribution in [2.24, 2.45) is 34.5 Å². The highest BCUT2D eigenvalue weighted by molar-refractivity contribution is 6.02. The van der Waals surface area contributed by atoms with Gasteiger partial charge in [-0.2, -0.15) is 0 Å². The van der Waals surface area contributed by atoms with E-state index < -0.39 is 5.41 Å². The molecule has 0 radical (unpaired) electrons. The molecule has 0 aliphatic heterocycles. The molecule has 0 heterocycles. The maximum absolute atomic E-state index is 12.3. The van der Waals surface area contributed by atoms with Gasteiger partial charge in [0.1, 0.15) is 11.5 Å². The maximum Gasteiger partial charge on any atom is 0.307 e. The van der Waals surface area contributed by atoms with Crippen molar-refractivity contribution in [1.82, 2.24) is 0 Å². The van der Waals surface area contributed by atoms with Crippen LogP contribution in [0, 0.1) is 34.5 Å². The summed E-state index contributed by atoms with van der Waals surface area (Å²) in [5.74, 6) is 1.50. The van der Waals surface area contributed by atoms with Crippen molar-refractivity contribution >= 4 is 17.5 Å². The molecule has 4 heteroatoms. The number of rotatable bonds is 2. The molecule has 4 aliphatic carbocycles. The van der Waals surface area contributed by atoms with Crippen LogP contribution in [-0.4, -0.2) is 17.5 Å². The van der Waals surface area contributed by atoms with Crippen LogP contribution in [0.25, 0.3) is 0 Å². The Balaban J connectivity index is 1.81. The maximum atomic E-state index is 12.3. The molecule has 0 unspecified atom stereocenters. The van der Waals surface area contributed by atoms with Gasteiger partial charge in [-0.15, -0.1) is 0 Å². The summed E-state index contributed by atoms with van der Waals surface area (Å²) in [4.78, 5) is 36.4. The molecule has 0 saturated heterocycles. The predicted octanol–water partition coefficient (Wildman–Crippen LogP) is 4.56. The Labute approximate surface area is 167 Å². The highest BCUT2D eigenvalue weighted by atomic mass is 16.5. The zero-order valence-corrected chi connectivity index (χ0v) is 17.5. The molecule has 0 bridgehead atoms. The summed E-state index contributed by atoms with van der Waals surface area (Å²) in [6.45, 7) is 9.63. The molecule has 0 N–H and O–H groups in total. The van der Waals surface area contributed by atoms with Gasteiger partial charge in [0.2, 0.25) is 0 Å². The van der Waals surface area contributed by atoms with Crippen molar-refractivity contribution in [2.45, 2.75) is 60.3 Å². The largest absolute Gasteiger partial charge is 0.430 e. The topological polar surface area (TPSA) is 60.4 Å². The first-order valence-electron chi connectivity index (χ1n) is 10.4. The average molecular weight is 383 g/mol. The molecule has 0 aromatic carbocycles. The van der Waals surface area contributed by atoms with E-state index >= 15 is 0 Å². The number of fused-ring (bicyclic) bond motifs is 5. The van der Waals surface area contributed by atoms with Crippen molar-refractivity contribution in [2.75, 3.05) is 0 Å². The van der Waals surface area contributed by atoms with E-state index in [9.17, 15) is 14.4 Å². The van der Waals surface area contributed by atoms with Gasteiger partial charge in [0.25, 0.3) is 0 Å². The lowest BCUT2D eigenvalue weighted by molar-refractivity contribution is -0.140. The molecule has 2 fully saturated rings. The number of hydrogen-bond acceptors (Lipinski definition) is 4. The number of carbonyl (C=O) groups excluding carboxylic acids is 3. The van der Waals surface area contributed by atoms with E-state index in [1.807, 2.05) is 0 Å². The minimum atomic E-state index is -0.473. The van der Waals surface area contributed by atoms with Gasteiger partial charge in [-0.1, -0.05) is 18.6 Å². The molecular formula is C24H30O4. The normalized spacial score (nSPS) is 41.8. The number of Topliss-reactive ketones (excluding diaryl/α,β-unsaturated/α-hetero) is 1. The van der Waals surface area contributed by atoms with E-state index in [0.29, 0.717) is 23.4 Å². The van der Waals surface area contributed by atoms with Crippen molar-refractivity contribution in [3.05, 3.63) is 35.1 Å². The first-order valence-corrected chi connectivity index (χ1v) is 10.4. The van der Waals surface area contributed by atoms with Gasteiger partial charge in [-0.3, -0.25) is 14.4 Å². The molecule has 0 amide bonds. The average Bonchev–Trinajstić information content (AvgIpc) is 2.94. The first-order chi connectivity index (χ1) is 13.1. The number of carbonyl (C=O) groups is 3. The van der Waals surface area contributed by atoms with E-state index in [-0.39, 0.29) is 29.0 Å². The molecule has 4 rings (SSSR count). The molecule has 150 valence electrons. The van der Waals surface area contributed by atoms with Gasteiger partial charge in [-0.05, 0) is 81.3 Å². The van der Waals surface area contributed by atoms with Gasteiger partial charge in [0, 0.05) is 18.9 Å². The Morgan fingerprint density at radius 2 is 1.79 bits per heavy atom. The van der Waals surface area contributed by atoms with E-state index in [1.165, 1.54) is 13.0 Å². The van der Waals surface area contributed by atoms with Crippen LogP contribution in [0.5, 0.6) is 0 Å². The second-order valence-electron chi connectivity index (χ2n) is 9.69. The van der Waals surface area contributed by atoms with Crippen LogP contribution in [0.2, 0.25) is 0 Å². The summed E-state index contributed by atoms with van der Waals surface area (Å²) < 4.78 is 5.61. The lowest BCUT2D eigenvalue weighted by Gasteiger charge is -2.56. The third-order valence-electron chi connectivity index (χ3n) is 8.32. The predicted molar refractivity (Wildman–Crippen MR) is 106 cm³/mol. The number of ketones is 2. The van der Waals surface area contributed by atoms with Crippen LogP contribution in [0.1, 0.15) is 60.3 Å². The van der Waals surface area contributed by atoms with E-state index in [4.69, 9.17) is 4.74 Å². The number of allylic oxidation sites excluding steroid dienone is 5. The highest BCUT2D eigenvalue weighted by Crippen LogP contribution is 2.66. The standard InChI is InChI=1S/C24H30O4/c1-13-10-17-19-7-6-18(14(2)25)23(19,4)9-8-20(17)24(5)21(13)11-16(27)12-22(24)28-15(3)26/h10-12,17-20H,6-9H2,1-5H3/t17-,18+,19-,20-,23+,24+/m0/s1. The fraction of sp³-hybridized carbons (Fsp3) is 0.625. The molecule has 0 spiro atoms. The third-order valence-corrected chi connectivity index (χ3v) is 8.32. The van der Waals surface area contributed by atoms with Gasteiger partial charge < -0.3 is 4.74 Å². The van der Waals surface area contributed by atoms with Crippen molar-refractivity contribution in [3.63, 3.8) is 0 Å². The van der Waals surface area contributed by atoms with Gasteiger partial charge in [-0.25, -0.2) is 0 Å². The van der Waals surface area contributed by atoms with Crippen molar-refractivity contribution in [1.29, 1.82) is 0 Å². The fourth-order valence-electron chi connectivity index (χ4n) is 7.09. The Kier molecular flexibility index (Phi) is 4.33. The first kappa shape index (κ1) is 19.4. The summed E-state index contributed by atoms with van der Waals surface area (Å²) in [6.07, 6.45) is 9.56. The number of esters is 1. The molecule has 4 aliphatic rings. The van der Waals surface area contributed by atoms with Crippen LogP contribution in [0.4, 0.5) is 0 Å². The van der Waals surface area contributed by atoms with Crippen LogP contribution in [0.15, 0.2) is 35.1 Å². The van der Waals surface area contributed by atoms with Crippen LogP contribution in [0.3, 0.4) is 0 Å². The SMILES string of the molecule is CC(=O)OC1=CC(=O)C=C2C(C)=C[C@@H]3[C@H](CC[C@]4(C)[C@@H](C(C)=O)CC[C@@H]34)[C@@]12C. The highest BCUT2D eigenvalue weighted by Gasteiger charge is 2.60. The van der Waals surface area contributed by atoms with Gasteiger partial charge in [0.05, 0.1) is 5.41 Å². The van der Waals surface area contributed by atoms with E-state index in [1.54, 1.807) is 13.0 Å². The third kappa shape index (κ3) is 2.53. The van der Waals surface area contributed by atoms with E-state index in [0.717, 1.165) is 36.8 Å². The Bertz CT molecular complexity index is 860.